The van der Waals surface area contributed by atoms with Gasteiger partial charge in [0.1, 0.15) is 0 Å². The van der Waals surface area contributed by atoms with Gasteiger partial charge in [-0.1, -0.05) is 11.8 Å². The van der Waals surface area contributed by atoms with Crippen LogP contribution in [0.3, 0.4) is 0 Å². The lowest BCUT2D eigenvalue weighted by atomic mass is 10.4. The zero-order valence-corrected chi connectivity index (χ0v) is 11.8. The molecule has 19 heavy (non-hydrogen) atoms. The highest BCUT2D eigenvalue weighted by molar-refractivity contribution is 7.99. The van der Waals surface area contributed by atoms with Crippen LogP contribution < -0.4 is 11.3 Å². The summed E-state index contributed by atoms with van der Waals surface area (Å²) in [6, 6.07) is 5.03. The van der Waals surface area contributed by atoms with E-state index in [1.807, 2.05) is 19.9 Å². The third kappa shape index (κ3) is 3.82. The van der Waals surface area contributed by atoms with Gasteiger partial charge in [-0.25, -0.2) is 9.97 Å². The van der Waals surface area contributed by atoms with Crippen LogP contribution in [-0.2, 0) is 6.54 Å². The van der Waals surface area contributed by atoms with Crippen molar-refractivity contribution in [3.8, 4) is 0 Å². The molecule has 5 nitrogen and oxygen atoms in total. The zero-order valence-electron chi connectivity index (χ0n) is 11.0. The molecule has 0 amide bonds. The molecule has 0 spiro atoms. The van der Waals surface area contributed by atoms with E-state index in [0.717, 1.165) is 22.3 Å². The molecule has 2 aromatic heterocycles. The van der Waals surface area contributed by atoms with Gasteiger partial charge in [0.2, 0.25) is 0 Å². The van der Waals surface area contributed by atoms with Crippen LogP contribution in [0.1, 0.15) is 11.4 Å². The average molecular weight is 276 g/mol. The average Bonchev–Trinajstić information content (AvgIpc) is 2.32. The number of anilines is 1. The van der Waals surface area contributed by atoms with Gasteiger partial charge < -0.3 is 10.3 Å². The maximum Gasteiger partial charge on any atom is 0.250 e. The summed E-state index contributed by atoms with van der Waals surface area (Å²) < 4.78 is 1.60. The molecule has 2 N–H and O–H groups in total. The van der Waals surface area contributed by atoms with Crippen LogP contribution in [0.25, 0.3) is 0 Å². The van der Waals surface area contributed by atoms with Crippen molar-refractivity contribution in [2.45, 2.75) is 25.5 Å². The fraction of sp³-hybridized carbons (Fsp3) is 0.308. The summed E-state index contributed by atoms with van der Waals surface area (Å²) in [5.41, 5.74) is 8.11. The molecule has 0 saturated heterocycles. The smallest absolute Gasteiger partial charge is 0.250 e. The van der Waals surface area contributed by atoms with E-state index >= 15 is 0 Å². The molecule has 0 unspecified atom stereocenters. The third-order valence-corrected chi connectivity index (χ3v) is 3.36. The molecule has 0 fully saturated rings. The predicted molar refractivity (Wildman–Crippen MR) is 77.3 cm³/mol. The molecule has 6 heteroatoms. The second-order valence-electron chi connectivity index (χ2n) is 4.28. The fourth-order valence-electron chi connectivity index (χ4n) is 1.72. The summed E-state index contributed by atoms with van der Waals surface area (Å²) in [6.07, 6.45) is 1.66. The molecular formula is C13H16N4OS. The van der Waals surface area contributed by atoms with Crippen LogP contribution in [0.5, 0.6) is 0 Å². The van der Waals surface area contributed by atoms with Gasteiger partial charge in [-0.3, -0.25) is 4.79 Å². The van der Waals surface area contributed by atoms with E-state index in [9.17, 15) is 4.79 Å². The molecule has 0 radical (unpaired) electrons. The molecule has 2 heterocycles. The second-order valence-corrected chi connectivity index (χ2v) is 5.34. The van der Waals surface area contributed by atoms with Crippen LogP contribution in [0.2, 0.25) is 0 Å². The number of pyridine rings is 1. The first-order valence-corrected chi connectivity index (χ1v) is 6.94. The molecular weight excluding hydrogens is 260 g/mol. The van der Waals surface area contributed by atoms with Crippen molar-refractivity contribution in [2.24, 2.45) is 0 Å². The van der Waals surface area contributed by atoms with Crippen LogP contribution >= 0.6 is 11.8 Å². The van der Waals surface area contributed by atoms with Crippen LogP contribution in [0.15, 0.2) is 34.3 Å². The second kappa shape index (κ2) is 5.88. The summed E-state index contributed by atoms with van der Waals surface area (Å²) in [4.78, 5) is 20.3. The molecule has 0 atom stereocenters. The van der Waals surface area contributed by atoms with Crippen molar-refractivity contribution in [3.05, 3.63) is 46.1 Å². The molecule has 2 rings (SSSR count). The lowest BCUT2D eigenvalue weighted by Gasteiger charge is -2.06. The molecule has 0 aliphatic rings. The minimum atomic E-state index is -0.0452. The van der Waals surface area contributed by atoms with E-state index in [4.69, 9.17) is 5.73 Å². The number of nitrogens with two attached hydrogens (primary N) is 1. The Labute approximate surface area is 115 Å². The number of nitrogen functional groups attached to an aromatic ring is 1. The van der Waals surface area contributed by atoms with Gasteiger partial charge in [0, 0.05) is 41.6 Å². The molecule has 0 aromatic carbocycles. The maximum absolute atomic E-state index is 11.6. The van der Waals surface area contributed by atoms with Gasteiger partial charge in [0.15, 0.2) is 5.16 Å². The molecule has 0 aliphatic carbocycles. The Morgan fingerprint density at radius 3 is 2.63 bits per heavy atom. The summed E-state index contributed by atoms with van der Waals surface area (Å²) in [5, 5.41) is 0.745. The van der Waals surface area contributed by atoms with Gasteiger partial charge in [-0.05, 0) is 26.0 Å². The van der Waals surface area contributed by atoms with E-state index in [0.29, 0.717) is 12.2 Å². The standard InChI is InChI=1S/C13H16N4OS/c1-9-7-10(2)16-13(15-9)19-6-5-17-8-11(14)3-4-12(17)18/h3-4,7-8H,5-6,14H2,1-2H3. The Bertz CT molecular complexity index is 619. The number of thioether (sulfide) groups is 1. The zero-order chi connectivity index (χ0) is 13.8. The molecule has 0 bridgehead atoms. The highest BCUT2D eigenvalue weighted by Crippen LogP contribution is 2.14. The van der Waals surface area contributed by atoms with Crippen molar-refractivity contribution >= 4 is 17.4 Å². The Balaban J connectivity index is 2.00. The third-order valence-electron chi connectivity index (χ3n) is 2.53. The van der Waals surface area contributed by atoms with E-state index in [-0.39, 0.29) is 5.56 Å². The summed E-state index contributed by atoms with van der Waals surface area (Å²) in [6.45, 7) is 4.48. The first-order valence-electron chi connectivity index (χ1n) is 5.95. The SMILES string of the molecule is Cc1cc(C)nc(SCCn2cc(N)ccc2=O)n1. The van der Waals surface area contributed by atoms with Crippen LogP contribution in [0, 0.1) is 13.8 Å². The Kier molecular flexibility index (Phi) is 4.21. The van der Waals surface area contributed by atoms with Crippen molar-refractivity contribution in [1.29, 1.82) is 0 Å². The highest BCUT2D eigenvalue weighted by atomic mass is 32.2. The van der Waals surface area contributed by atoms with E-state index < -0.39 is 0 Å². The van der Waals surface area contributed by atoms with E-state index in [1.165, 1.54) is 17.8 Å². The minimum absolute atomic E-state index is 0.0452. The van der Waals surface area contributed by atoms with Crippen molar-refractivity contribution < 1.29 is 0 Å². The van der Waals surface area contributed by atoms with Gasteiger partial charge in [0.25, 0.3) is 5.56 Å². The van der Waals surface area contributed by atoms with Gasteiger partial charge in [0.05, 0.1) is 0 Å². The molecule has 0 saturated carbocycles. The predicted octanol–water partition coefficient (Wildman–Crippen LogP) is 1.63. The normalized spacial score (nSPS) is 10.6. The monoisotopic (exact) mass is 276 g/mol. The Morgan fingerprint density at radius 2 is 1.95 bits per heavy atom. The summed E-state index contributed by atoms with van der Waals surface area (Å²) in [5.74, 6) is 0.728. The largest absolute Gasteiger partial charge is 0.398 e. The maximum atomic E-state index is 11.6. The number of hydrogen-bond acceptors (Lipinski definition) is 5. The molecule has 2 aromatic rings. The van der Waals surface area contributed by atoms with Gasteiger partial charge in [-0.2, -0.15) is 0 Å². The van der Waals surface area contributed by atoms with Crippen LogP contribution in [0.4, 0.5) is 5.69 Å². The highest BCUT2D eigenvalue weighted by Gasteiger charge is 2.02. The Morgan fingerprint density at radius 1 is 1.26 bits per heavy atom. The van der Waals surface area contributed by atoms with Crippen molar-refractivity contribution in [2.75, 3.05) is 11.5 Å². The summed E-state index contributed by atoms with van der Waals surface area (Å²) in [7, 11) is 0. The van der Waals surface area contributed by atoms with Gasteiger partial charge in [-0.15, -0.1) is 0 Å². The quantitative estimate of drug-likeness (QED) is 0.678. The number of aromatic nitrogens is 3. The Hall–Kier alpha value is -1.82. The summed E-state index contributed by atoms with van der Waals surface area (Å²) >= 11 is 1.54. The number of rotatable bonds is 4. The minimum Gasteiger partial charge on any atom is -0.398 e. The van der Waals surface area contributed by atoms with Crippen molar-refractivity contribution in [1.82, 2.24) is 14.5 Å². The number of aryl methyl sites for hydroxylation is 3. The molecule has 0 aliphatic heterocycles. The fourth-order valence-corrected chi connectivity index (χ4v) is 2.61. The van der Waals surface area contributed by atoms with E-state index in [2.05, 4.69) is 9.97 Å². The lowest BCUT2D eigenvalue weighted by molar-refractivity contribution is 0.735. The first kappa shape index (κ1) is 13.6. The van der Waals surface area contributed by atoms with Gasteiger partial charge >= 0.3 is 0 Å². The number of nitrogens with zero attached hydrogens (tertiary/aromatic N) is 3. The topological polar surface area (TPSA) is 73.8 Å². The van der Waals surface area contributed by atoms with Crippen LogP contribution in [-0.4, -0.2) is 20.3 Å². The molecule has 100 valence electrons. The lowest BCUT2D eigenvalue weighted by Crippen LogP contribution is -2.20. The first-order chi connectivity index (χ1) is 9.04. The van der Waals surface area contributed by atoms with E-state index in [1.54, 1.807) is 16.8 Å². The van der Waals surface area contributed by atoms with Crippen molar-refractivity contribution in [3.63, 3.8) is 0 Å². The number of hydrogen-bond donors (Lipinski definition) is 1.